The van der Waals surface area contributed by atoms with Crippen LogP contribution in [-0.4, -0.2) is 28.2 Å². The lowest BCUT2D eigenvalue weighted by atomic mass is 10.1. The molecule has 0 bridgehead atoms. The standard InChI is InChI=1S/C22H17ClN6O3S/c1-14-12-26-22(13-25-14)28-33(30,31)17-4-6-20(15(9-17)11-24)32-21-5-3-16(23)10-18(21)19-7-8-27-29(19)2/h3-10,12-13H,1-2H3,(H,26,28). The second kappa shape index (κ2) is 8.90. The first kappa shape index (κ1) is 22.3. The largest absolute Gasteiger partial charge is 0.455 e. The van der Waals surface area contributed by atoms with Gasteiger partial charge in [-0.3, -0.25) is 14.4 Å². The maximum atomic E-state index is 12.8. The predicted molar refractivity (Wildman–Crippen MR) is 122 cm³/mol. The highest BCUT2D eigenvalue weighted by atomic mass is 35.5. The number of ether oxygens (including phenoxy) is 1. The fraction of sp³-hybridized carbons (Fsp3) is 0.0909. The second-order valence-corrected chi connectivity index (χ2v) is 9.12. The van der Waals surface area contributed by atoms with Gasteiger partial charge in [0.05, 0.1) is 34.2 Å². The van der Waals surface area contributed by atoms with Gasteiger partial charge in [-0.25, -0.2) is 13.4 Å². The van der Waals surface area contributed by atoms with Crippen LogP contribution >= 0.6 is 11.6 Å². The summed E-state index contributed by atoms with van der Waals surface area (Å²) < 4.78 is 35.5. The smallest absolute Gasteiger partial charge is 0.263 e. The number of aromatic nitrogens is 4. The van der Waals surface area contributed by atoms with E-state index in [0.717, 1.165) is 5.69 Å². The van der Waals surface area contributed by atoms with Gasteiger partial charge in [0.25, 0.3) is 10.0 Å². The number of nitrogens with zero attached hydrogens (tertiary/aromatic N) is 5. The SMILES string of the molecule is Cc1cnc(NS(=O)(=O)c2ccc(Oc3ccc(Cl)cc3-c3ccnn3C)c(C#N)c2)cn1. The Balaban J connectivity index is 1.67. The van der Waals surface area contributed by atoms with E-state index < -0.39 is 10.0 Å². The number of rotatable bonds is 6. The molecule has 0 saturated heterocycles. The van der Waals surface area contributed by atoms with Crippen molar-refractivity contribution in [2.45, 2.75) is 11.8 Å². The third-order valence-corrected chi connectivity index (χ3v) is 6.25. The lowest BCUT2D eigenvalue weighted by Crippen LogP contribution is -2.14. The molecule has 0 aliphatic heterocycles. The molecule has 11 heteroatoms. The van der Waals surface area contributed by atoms with Crippen molar-refractivity contribution in [3.05, 3.63) is 77.3 Å². The number of nitriles is 1. The Labute approximate surface area is 195 Å². The summed E-state index contributed by atoms with van der Waals surface area (Å²) in [7, 11) is -2.21. The molecule has 0 atom stereocenters. The summed E-state index contributed by atoms with van der Waals surface area (Å²) in [6.45, 7) is 1.74. The number of sulfonamides is 1. The molecule has 33 heavy (non-hydrogen) atoms. The predicted octanol–water partition coefficient (Wildman–Crippen LogP) is 4.30. The zero-order valence-electron chi connectivity index (χ0n) is 17.5. The van der Waals surface area contributed by atoms with Crippen LogP contribution in [0.5, 0.6) is 11.5 Å². The number of aryl methyl sites for hydroxylation is 2. The van der Waals surface area contributed by atoms with Crippen LogP contribution in [0.15, 0.2) is 66.0 Å². The number of hydrogen-bond acceptors (Lipinski definition) is 7. The second-order valence-electron chi connectivity index (χ2n) is 7.00. The molecule has 0 fully saturated rings. The van der Waals surface area contributed by atoms with Crippen LogP contribution in [0, 0.1) is 18.3 Å². The van der Waals surface area contributed by atoms with Crippen LogP contribution in [0.1, 0.15) is 11.3 Å². The van der Waals surface area contributed by atoms with Crippen LogP contribution in [-0.2, 0) is 17.1 Å². The van der Waals surface area contributed by atoms with E-state index >= 15 is 0 Å². The molecular weight excluding hydrogens is 464 g/mol. The molecule has 9 nitrogen and oxygen atoms in total. The molecule has 0 saturated carbocycles. The molecule has 1 N–H and O–H groups in total. The van der Waals surface area contributed by atoms with Gasteiger partial charge in [-0.1, -0.05) is 11.6 Å². The van der Waals surface area contributed by atoms with E-state index in [9.17, 15) is 13.7 Å². The van der Waals surface area contributed by atoms with Crippen molar-refractivity contribution in [3.63, 3.8) is 0 Å². The topological polar surface area (TPSA) is 123 Å². The summed E-state index contributed by atoms with van der Waals surface area (Å²) in [4.78, 5) is 7.89. The molecule has 0 unspecified atom stereocenters. The van der Waals surface area contributed by atoms with Crippen molar-refractivity contribution < 1.29 is 13.2 Å². The number of benzene rings is 2. The van der Waals surface area contributed by atoms with E-state index in [1.54, 1.807) is 49.1 Å². The lowest BCUT2D eigenvalue weighted by Gasteiger charge is -2.14. The fourth-order valence-electron chi connectivity index (χ4n) is 3.04. The zero-order chi connectivity index (χ0) is 23.6. The van der Waals surface area contributed by atoms with E-state index in [2.05, 4.69) is 19.8 Å². The highest BCUT2D eigenvalue weighted by Crippen LogP contribution is 2.36. The Morgan fingerprint density at radius 3 is 2.55 bits per heavy atom. The average Bonchev–Trinajstić information content (AvgIpc) is 3.22. The number of hydrogen-bond donors (Lipinski definition) is 1. The third kappa shape index (κ3) is 4.79. The first-order valence-corrected chi connectivity index (χ1v) is 11.4. The highest BCUT2D eigenvalue weighted by molar-refractivity contribution is 7.92. The monoisotopic (exact) mass is 480 g/mol. The molecule has 2 aromatic carbocycles. The van der Waals surface area contributed by atoms with Crippen molar-refractivity contribution in [2.24, 2.45) is 7.05 Å². The molecule has 0 aliphatic carbocycles. The quantitative estimate of drug-likeness (QED) is 0.436. The summed E-state index contributed by atoms with van der Waals surface area (Å²) in [5, 5.41) is 14.3. The average molecular weight is 481 g/mol. The number of anilines is 1. The van der Waals surface area contributed by atoms with E-state index in [1.807, 2.05) is 6.07 Å². The van der Waals surface area contributed by atoms with E-state index in [1.165, 1.54) is 30.6 Å². The molecular formula is C22H17ClN6O3S. The van der Waals surface area contributed by atoms with E-state index in [-0.39, 0.29) is 22.0 Å². The van der Waals surface area contributed by atoms with Gasteiger partial charge < -0.3 is 4.74 Å². The van der Waals surface area contributed by atoms with Gasteiger partial charge in [-0.2, -0.15) is 10.4 Å². The lowest BCUT2D eigenvalue weighted by molar-refractivity contribution is 0.481. The molecule has 0 amide bonds. The summed E-state index contributed by atoms with van der Waals surface area (Å²) in [6, 6.07) is 12.9. The summed E-state index contributed by atoms with van der Waals surface area (Å²) >= 11 is 6.17. The van der Waals surface area contributed by atoms with Gasteiger partial charge in [0, 0.05) is 23.8 Å². The number of halogens is 1. The van der Waals surface area contributed by atoms with E-state index in [4.69, 9.17) is 16.3 Å². The van der Waals surface area contributed by atoms with Crippen molar-refractivity contribution >= 4 is 27.4 Å². The van der Waals surface area contributed by atoms with Crippen LogP contribution in [0.25, 0.3) is 11.3 Å². The molecule has 4 aromatic rings. The minimum atomic E-state index is -3.99. The Morgan fingerprint density at radius 2 is 1.88 bits per heavy atom. The third-order valence-electron chi connectivity index (χ3n) is 4.66. The molecule has 166 valence electrons. The van der Waals surface area contributed by atoms with Gasteiger partial charge >= 0.3 is 0 Å². The maximum absolute atomic E-state index is 12.8. The minimum Gasteiger partial charge on any atom is -0.455 e. The zero-order valence-corrected chi connectivity index (χ0v) is 19.1. The van der Waals surface area contributed by atoms with Crippen molar-refractivity contribution in [1.82, 2.24) is 19.7 Å². The summed E-state index contributed by atoms with van der Waals surface area (Å²) in [5.41, 5.74) is 2.12. The Morgan fingerprint density at radius 1 is 1.09 bits per heavy atom. The van der Waals surface area contributed by atoms with Gasteiger partial charge in [0.15, 0.2) is 5.82 Å². The van der Waals surface area contributed by atoms with Crippen LogP contribution in [0.2, 0.25) is 5.02 Å². The van der Waals surface area contributed by atoms with Crippen molar-refractivity contribution in [3.8, 4) is 28.8 Å². The van der Waals surface area contributed by atoms with Crippen molar-refractivity contribution in [1.29, 1.82) is 5.26 Å². The molecule has 4 rings (SSSR count). The van der Waals surface area contributed by atoms with E-state index in [0.29, 0.717) is 22.0 Å². The van der Waals surface area contributed by atoms with Crippen LogP contribution in [0.4, 0.5) is 5.82 Å². The van der Waals surface area contributed by atoms with Gasteiger partial charge in [0.1, 0.15) is 17.6 Å². The van der Waals surface area contributed by atoms with Gasteiger partial charge in [0.2, 0.25) is 0 Å². The molecule has 0 spiro atoms. The van der Waals surface area contributed by atoms with Crippen molar-refractivity contribution in [2.75, 3.05) is 4.72 Å². The number of nitrogens with one attached hydrogen (secondary N) is 1. The Hall–Kier alpha value is -3.94. The van der Waals surface area contributed by atoms with Crippen LogP contribution in [0.3, 0.4) is 0 Å². The molecule has 0 aliphatic rings. The first-order chi connectivity index (χ1) is 15.8. The Bertz CT molecular complexity index is 1480. The summed E-state index contributed by atoms with van der Waals surface area (Å²) in [5.74, 6) is 0.696. The highest BCUT2D eigenvalue weighted by Gasteiger charge is 2.19. The van der Waals surface area contributed by atoms with Gasteiger partial charge in [-0.05, 0) is 49.4 Å². The van der Waals surface area contributed by atoms with Crippen LogP contribution < -0.4 is 9.46 Å². The molecule has 2 heterocycles. The van der Waals surface area contributed by atoms with Gasteiger partial charge in [-0.15, -0.1) is 0 Å². The summed E-state index contributed by atoms with van der Waals surface area (Å²) in [6.07, 6.45) is 4.41. The fourth-order valence-corrected chi connectivity index (χ4v) is 4.23. The Kier molecular flexibility index (Phi) is 6.00. The normalized spacial score (nSPS) is 11.1. The minimum absolute atomic E-state index is 0.0405. The molecule has 0 radical (unpaired) electrons. The first-order valence-electron chi connectivity index (χ1n) is 9.58. The maximum Gasteiger partial charge on any atom is 0.263 e. The molecule has 2 aromatic heterocycles.